The molecule has 2 aromatic carbocycles. The van der Waals surface area contributed by atoms with Crippen molar-refractivity contribution in [1.29, 1.82) is 0 Å². The third-order valence-electron chi connectivity index (χ3n) is 4.93. The van der Waals surface area contributed by atoms with Crippen LogP contribution in [0.3, 0.4) is 0 Å². The van der Waals surface area contributed by atoms with Gasteiger partial charge in [-0.05, 0) is 24.3 Å². The van der Waals surface area contributed by atoms with Crippen molar-refractivity contribution in [2.75, 3.05) is 13.7 Å². The summed E-state index contributed by atoms with van der Waals surface area (Å²) in [6.45, 7) is 5.75. The molecule has 3 rings (SSSR count). The number of methoxy groups -OCH3 is 1. The van der Waals surface area contributed by atoms with Gasteiger partial charge in [-0.2, -0.15) is 0 Å². The molecule has 0 amide bonds. The third-order valence-corrected chi connectivity index (χ3v) is 5.80. The molecule has 174 valence electrons. The minimum absolute atomic E-state index is 0.305. The Kier molecular flexibility index (Phi) is 7.71. The number of carbonyl (C=O) groups excluding carboxylic acids is 2. The summed E-state index contributed by atoms with van der Waals surface area (Å²) in [5, 5.41) is 10.9. The molecule has 1 unspecified atom stereocenters. The van der Waals surface area contributed by atoms with Crippen LogP contribution in [0.1, 0.15) is 20.7 Å². The van der Waals surface area contributed by atoms with E-state index in [-0.39, 0.29) is 6.61 Å². The summed E-state index contributed by atoms with van der Waals surface area (Å²) in [6, 6.07) is 16.9. The Morgan fingerprint density at radius 2 is 1.55 bits per heavy atom. The molecule has 4 atom stereocenters. The zero-order valence-corrected chi connectivity index (χ0v) is 20.1. The molecule has 1 N–H and O–H groups in total. The van der Waals surface area contributed by atoms with Crippen LogP contribution in [0.5, 0.6) is 0 Å². The van der Waals surface area contributed by atoms with Gasteiger partial charge in [-0.25, -0.2) is 9.59 Å². The summed E-state index contributed by atoms with van der Waals surface area (Å²) in [7, 11) is -0.561. The standard InChI is InChI=1S/C25H28O7Si/c1-29-24-20(26)21(31-23(28)19-13-9-6-10-14-19)25(32-24,15-16-33(2,3)4)17-30-22(27)18-11-7-5-8-12-18/h5-14,20-21,24,26H,17H2,1-4H3/t20-,21-,24?,25+/m1/s1. The molecule has 1 aliphatic rings. The van der Waals surface area contributed by atoms with Crippen molar-refractivity contribution >= 4 is 20.0 Å². The van der Waals surface area contributed by atoms with Crippen molar-refractivity contribution in [3.8, 4) is 11.5 Å². The Hall–Kier alpha value is -2.96. The zero-order valence-electron chi connectivity index (χ0n) is 19.1. The topological polar surface area (TPSA) is 91.3 Å². The van der Waals surface area contributed by atoms with Crippen molar-refractivity contribution in [3.05, 3.63) is 71.8 Å². The molecule has 1 heterocycles. The number of hydrogen-bond donors (Lipinski definition) is 1. The first-order chi connectivity index (χ1) is 15.6. The highest BCUT2D eigenvalue weighted by Gasteiger charge is 2.58. The average Bonchev–Trinajstić information content (AvgIpc) is 3.08. The van der Waals surface area contributed by atoms with Crippen LogP contribution in [0.15, 0.2) is 60.7 Å². The molecule has 0 spiro atoms. The molecular formula is C25H28O7Si. The Balaban J connectivity index is 1.95. The number of rotatable bonds is 6. The van der Waals surface area contributed by atoms with Gasteiger partial charge in [0.15, 0.2) is 12.4 Å². The highest BCUT2D eigenvalue weighted by molar-refractivity contribution is 6.83. The van der Waals surface area contributed by atoms with Crippen molar-refractivity contribution < 1.29 is 33.6 Å². The van der Waals surface area contributed by atoms with E-state index in [0.29, 0.717) is 11.1 Å². The van der Waals surface area contributed by atoms with Crippen molar-refractivity contribution in [3.63, 3.8) is 0 Å². The molecule has 0 radical (unpaired) electrons. The monoisotopic (exact) mass is 468 g/mol. The largest absolute Gasteiger partial charge is 0.458 e. The normalized spacial score (nSPS) is 24.5. The van der Waals surface area contributed by atoms with Crippen LogP contribution in [-0.2, 0) is 18.9 Å². The maximum atomic E-state index is 12.8. The number of carbonyl (C=O) groups is 2. The number of esters is 2. The van der Waals surface area contributed by atoms with Crippen LogP contribution in [0.25, 0.3) is 0 Å². The predicted octanol–water partition coefficient (Wildman–Crippen LogP) is 3.05. The van der Waals surface area contributed by atoms with E-state index in [1.807, 2.05) is 19.6 Å². The average molecular weight is 469 g/mol. The van der Waals surface area contributed by atoms with Gasteiger partial charge in [0.05, 0.1) is 11.1 Å². The Bertz CT molecular complexity index is 1020. The number of benzene rings is 2. The lowest BCUT2D eigenvalue weighted by molar-refractivity contribution is -0.170. The second kappa shape index (κ2) is 10.3. The van der Waals surface area contributed by atoms with E-state index in [1.54, 1.807) is 60.7 Å². The number of ether oxygens (including phenoxy) is 4. The molecule has 7 nitrogen and oxygen atoms in total. The lowest BCUT2D eigenvalue weighted by atomic mass is 9.96. The lowest BCUT2D eigenvalue weighted by Crippen LogP contribution is -2.49. The molecular weight excluding hydrogens is 440 g/mol. The fourth-order valence-corrected chi connectivity index (χ4v) is 3.84. The summed E-state index contributed by atoms with van der Waals surface area (Å²) in [5.74, 6) is 1.79. The fourth-order valence-electron chi connectivity index (χ4n) is 3.25. The van der Waals surface area contributed by atoms with E-state index in [1.165, 1.54) is 7.11 Å². The van der Waals surface area contributed by atoms with Crippen molar-refractivity contribution in [2.45, 2.75) is 43.7 Å². The summed E-state index contributed by atoms with van der Waals surface area (Å²) < 4.78 is 22.4. The van der Waals surface area contributed by atoms with E-state index in [9.17, 15) is 14.7 Å². The van der Waals surface area contributed by atoms with Crippen LogP contribution >= 0.6 is 0 Å². The van der Waals surface area contributed by atoms with E-state index in [0.717, 1.165) is 0 Å². The highest BCUT2D eigenvalue weighted by Crippen LogP contribution is 2.35. The predicted molar refractivity (Wildman–Crippen MR) is 124 cm³/mol. The fraction of sp³-hybridized carbons (Fsp3) is 0.360. The summed E-state index contributed by atoms with van der Waals surface area (Å²) in [4.78, 5) is 25.4. The minimum Gasteiger partial charge on any atom is -0.458 e. The second-order valence-corrected chi connectivity index (χ2v) is 13.5. The van der Waals surface area contributed by atoms with E-state index in [2.05, 4.69) is 11.5 Å². The zero-order chi connectivity index (χ0) is 24.1. The van der Waals surface area contributed by atoms with Gasteiger partial charge in [-0.1, -0.05) is 62.0 Å². The summed E-state index contributed by atoms with van der Waals surface area (Å²) in [5.41, 5.74) is 2.25. The van der Waals surface area contributed by atoms with Gasteiger partial charge in [0, 0.05) is 7.11 Å². The molecule has 33 heavy (non-hydrogen) atoms. The van der Waals surface area contributed by atoms with Gasteiger partial charge in [0.2, 0.25) is 5.60 Å². The summed E-state index contributed by atoms with van der Waals surface area (Å²) in [6.07, 6.45) is -3.71. The van der Waals surface area contributed by atoms with Crippen LogP contribution in [-0.4, -0.2) is 62.9 Å². The summed E-state index contributed by atoms with van der Waals surface area (Å²) >= 11 is 0. The quantitative estimate of drug-likeness (QED) is 0.396. The van der Waals surface area contributed by atoms with Crippen molar-refractivity contribution in [2.24, 2.45) is 0 Å². The molecule has 0 aliphatic carbocycles. The molecule has 1 aliphatic heterocycles. The van der Waals surface area contributed by atoms with Gasteiger partial charge in [0.25, 0.3) is 0 Å². The molecule has 8 heteroatoms. The van der Waals surface area contributed by atoms with Gasteiger partial charge < -0.3 is 24.1 Å². The minimum atomic E-state index is -1.92. The van der Waals surface area contributed by atoms with Crippen LogP contribution in [0.2, 0.25) is 19.6 Å². The number of aliphatic hydroxyl groups is 1. The molecule has 0 bridgehead atoms. The van der Waals surface area contributed by atoms with Crippen molar-refractivity contribution in [1.82, 2.24) is 0 Å². The SMILES string of the molecule is COC1O[C@@](C#C[Si](C)(C)C)(COC(=O)c2ccccc2)[C@H](OC(=O)c2ccccc2)[C@H]1O. The number of hydrogen-bond acceptors (Lipinski definition) is 7. The second-order valence-electron chi connectivity index (χ2n) is 8.74. The van der Waals surface area contributed by atoms with Gasteiger partial charge >= 0.3 is 11.9 Å². The molecule has 1 saturated heterocycles. The molecule has 2 aromatic rings. The molecule has 1 fully saturated rings. The Morgan fingerprint density at radius 3 is 2.06 bits per heavy atom. The molecule has 0 saturated carbocycles. The maximum Gasteiger partial charge on any atom is 0.338 e. The van der Waals surface area contributed by atoms with E-state index in [4.69, 9.17) is 18.9 Å². The van der Waals surface area contributed by atoms with Gasteiger partial charge in [0.1, 0.15) is 20.8 Å². The Morgan fingerprint density at radius 1 is 1.00 bits per heavy atom. The maximum absolute atomic E-state index is 12.8. The van der Waals surface area contributed by atoms with Crippen LogP contribution < -0.4 is 0 Å². The Labute approximate surface area is 194 Å². The first-order valence-electron chi connectivity index (χ1n) is 10.6. The van der Waals surface area contributed by atoms with Crippen LogP contribution in [0, 0.1) is 11.5 Å². The smallest absolute Gasteiger partial charge is 0.338 e. The lowest BCUT2D eigenvalue weighted by Gasteiger charge is -2.29. The third kappa shape index (κ3) is 6.09. The molecule has 0 aromatic heterocycles. The first-order valence-corrected chi connectivity index (χ1v) is 14.1. The van der Waals surface area contributed by atoms with E-state index >= 15 is 0 Å². The highest BCUT2D eigenvalue weighted by atomic mass is 28.3. The van der Waals surface area contributed by atoms with Crippen LogP contribution in [0.4, 0.5) is 0 Å². The van der Waals surface area contributed by atoms with Gasteiger partial charge in [-0.15, -0.1) is 5.54 Å². The van der Waals surface area contributed by atoms with Gasteiger partial charge in [-0.3, -0.25) is 0 Å². The van der Waals surface area contributed by atoms with E-state index < -0.39 is 44.1 Å². The number of aliphatic hydroxyl groups excluding tert-OH is 1. The first kappa shape index (κ1) is 24.7.